The van der Waals surface area contributed by atoms with Gasteiger partial charge in [0.2, 0.25) is 0 Å². The topological polar surface area (TPSA) is 85.8 Å². The number of aromatic nitrogens is 2. The first kappa shape index (κ1) is 20.7. The number of ether oxygens (including phenoxy) is 3. The summed E-state index contributed by atoms with van der Waals surface area (Å²) in [5.74, 6) is 0.254. The third-order valence-electron chi connectivity index (χ3n) is 5.81. The molecule has 3 aromatic rings. The van der Waals surface area contributed by atoms with E-state index in [1.807, 2.05) is 0 Å². The average Bonchev–Trinajstić information content (AvgIpc) is 3.11. The van der Waals surface area contributed by atoms with Gasteiger partial charge in [0, 0.05) is 24.3 Å². The number of fused-ring (bicyclic) bond motifs is 1. The van der Waals surface area contributed by atoms with Gasteiger partial charge in [-0.1, -0.05) is 17.7 Å². The van der Waals surface area contributed by atoms with Gasteiger partial charge in [-0.05, 0) is 18.2 Å². The largest absolute Gasteiger partial charge is 0.494 e. The number of carbonyl (C=O) groups excluding carboxylic acids is 1. The number of nitrogens with zero attached hydrogens (tertiary/aromatic N) is 3. The molecule has 1 spiro atoms. The van der Waals surface area contributed by atoms with Crippen LogP contribution in [-0.4, -0.2) is 48.5 Å². The highest BCUT2D eigenvalue weighted by atomic mass is 35.5. The van der Waals surface area contributed by atoms with Crippen molar-refractivity contribution in [1.29, 1.82) is 0 Å². The summed E-state index contributed by atoms with van der Waals surface area (Å²) in [5, 5.41) is 3.56. The van der Waals surface area contributed by atoms with Crippen LogP contribution in [0.3, 0.4) is 0 Å². The number of halogens is 2. The van der Waals surface area contributed by atoms with Crippen molar-refractivity contribution < 1.29 is 23.4 Å². The van der Waals surface area contributed by atoms with Crippen LogP contribution in [0, 0.1) is 5.82 Å². The molecule has 3 heterocycles. The average molecular weight is 459 g/mol. The number of nitrogens with one attached hydrogen (secondary N) is 1. The number of hydrogen-bond acceptors (Lipinski definition) is 7. The zero-order valence-electron chi connectivity index (χ0n) is 17.2. The molecule has 0 radical (unpaired) electrons. The lowest BCUT2D eigenvalue weighted by atomic mass is 9.94. The molecule has 2 aliphatic rings. The van der Waals surface area contributed by atoms with Crippen molar-refractivity contribution in [2.75, 3.05) is 37.1 Å². The Hall–Kier alpha value is -3.17. The van der Waals surface area contributed by atoms with E-state index in [1.165, 1.54) is 19.5 Å². The number of rotatable bonds is 4. The van der Waals surface area contributed by atoms with Crippen molar-refractivity contribution in [3.63, 3.8) is 0 Å². The fraction of sp³-hybridized carbons (Fsp3) is 0.318. The molecule has 0 saturated carbocycles. The predicted octanol–water partition coefficient (Wildman–Crippen LogP) is 4.68. The van der Waals surface area contributed by atoms with Crippen LogP contribution in [-0.2, 0) is 9.47 Å². The maximum Gasteiger partial charge on any atom is 0.415 e. The Bertz CT molecular complexity index is 1200. The van der Waals surface area contributed by atoms with Crippen LogP contribution in [0.5, 0.6) is 5.75 Å². The minimum absolute atomic E-state index is 0.00251. The molecule has 0 bridgehead atoms. The van der Waals surface area contributed by atoms with Crippen LogP contribution in [0.1, 0.15) is 12.8 Å². The first-order valence-electron chi connectivity index (χ1n) is 10.1. The van der Waals surface area contributed by atoms with Crippen molar-refractivity contribution >= 4 is 45.8 Å². The lowest BCUT2D eigenvalue weighted by Crippen LogP contribution is -2.40. The molecule has 0 atom stereocenters. The maximum absolute atomic E-state index is 14.4. The van der Waals surface area contributed by atoms with Crippen molar-refractivity contribution in [3.05, 3.63) is 47.5 Å². The molecular weight excluding hydrogens is 439 g/mol. The molecule has 0 unspecified atom stereocenters. The first-order chi connectivity index (χ1) is 15.5. The lowest BCUT2D eigenvalue weighted by molar-refractivity contribution is -0.0431. The summed E-state index contributed by atoms with van der Waals surface area (Å²) in [6.07, 6.45) is 2.19. The molecule has 8 nitrogen and oxygen atoms in total. The van der Waals surface area contributed by atoms with Crippen molar-refractivity contribution in [2.45, 2.75) is 18.4 Å². The highest BCUT2D eigenvalue weighted by molar-refractivity contribution is 6.31. The quantitative estimate of drug-likeness (QED) is 0.607. The van der Waals surface area contributed by atoms with Crippen LogP contribution in [0.2, 0.25) is 5.02 Å². The van der Waals surface area contributed by atoms with Gasteiger partial charge in [0.05, 0.1) is 48.8 Å². The van der Waals surface area contributed by atoms with Gasteiger partial charge < -0.3 is 19.5 Å². The standard InChI is InChI=1S/C22H20ClFN4O4/c1-30-18-10-16-13(20(26-12-25-16)27-15-4-2-3-14(23)19(15)24)9-17(18)28-11-22(32-21(28)29)5-7-31-8-6-22/h2-4,9-10,12H,5-8,11H2,1H3,(H,25,26,27). The fourth-order valence-corrected chi connectivity index (χ4v) is 4.26. The molecule has 2 aromatic carbocycles. The van der Waals surface area contributed by atoms with Crippen molar-refractivity contribution in [2.24, 2.45) is 0 Å². The summed E-state index contributed by atoms with van der Waals surface area (Å²) < 4.78 is 31.2. The van der Waals surface area contributed by atoms with Crippen LogP contribution in [0.25, 0.3) is 10.9 Å². The van der Waals surface area contributed by atoms with E-state index in [4.69, 9.17) is 25.8 Å². The molecule has 1 N–H and O–H groups in total. The second-order valence-electron chi connectivity index (χ2n) is 7.74. The number of anilines is 3. The highest BCUT2D eigenvalue weighted by Crippen LogP contribution is 2.41. The Kier molecular flexibility index (Phi) is 5.22. The SMILES string of the molecule is COc1cc2ncnc(Nc3cccc(Cl)c3F)c2cc1N1CC2(CCOCC2)OC1=O. The van der Waals surface area contributed by atoms with Gasteiger partial charge in [0.25, 0.3) is 0 Å². The van der Waals surface area contributed by atoms with Gasteiger partial charge in [0.1, 0.15) is 23.5 Å². The molecular formula is C22H20ClFN4O4. The first-order valence-corrected chi connectivity index (χ1v) is 10.5. The number of amides is 1. The normalized spacial score (nSPS) is 17.6. The van der Waals surface area contributed by atoms with Crippen LogP contribution in [0.15, 0.2) is 36.7 Å². The van der Waals surface area contributed by atoms with E-state index in [0.29, 0.717) is 60.8 Å². The van der Waals surface area contributed by atoms with E-state index in [0.717, 1.165) is 0 Å². The molecule has 32 heavy (non-hydrogen) atoms. The molecule has 166 valence electrons. The van der Waals surface area contributed by atoms with E-state index >= 15 is 0 Å². The Morgan fingerprint density at radius 1 is 1.25 bits per heavy atom. The van der Waals surface area contributed by atoms with Crippen LogP contribution >= 0.6 is 11.6 Å². The number of carbonyl (C=O) groups is 1. The van der Waals surface area contributed by atoms with E-state index in [2.05, 4.69) is 15.3 Å². The molecule has 1 aromatic heterocycles. The summed E-state index contributed by atoms with van der Waals surface area (Å²) in [5.41, 5.74) is 0.696. The van der Waals surface area contributed by atoms with Gasteiger partial charge in [-0.2, -0.15) is 0 Å². The zero-order valence-corrected chi connectivity index (χ0v) is 18.0. The molecule has 2 fully saturated rings. The fourth-order valence-electron chi connectivity index (χ4n) is 4.09. The zero-order chi connectivity index (χ0) is 22.3. The van der Waals surface area contributed by atoms with Crippen LogP contribution in [0.4, 0.5) is 26.4 Å². The molecule has 1 amide bonds. The third-order valence-corrected chi connectivity index (χ3v) is 6.10. The number of hydrogen-bond donors (Lipinski definition) is 1. The van der Waals surface area contributed by atoms with Gasteiger partial charge in [-0.15, -0.1) is 0 Å². The maximum atomic E-state index is 14.4. The van der Waals surface area contributed by atoms with E-state index in [-0.39, 0.29) is 10.7 Å². The summed E-state index contributed by atoms with van der Waals surface area (Å²) >= 11 is 5.90. The van der Waals surface area contributed by atoms with Gasteiger partial charge in [0.15, 0.2) is 5.82 Å². The minimum atomic E-state index is -0.584. The molecule has 2 aliphatic heterocycles. The van der Waals surface area contributed by atoms with E-state index in [1.54, 1.807) is 29.2 Å². The van der Waals surface area contributed by atoms with Crippen LogP contribution < -0.4 is 15.0 Å². The van der Waals surface area contributed by atoms with E-state index < -0.39 is 17.5 Å². The number of benzene rings is 2. The highest BCUT2D eigenvalue weighted by Gasteiger charge is 2.47. The second-order valence-corrected chi connectivity index (χ2v) is 8.15. The smallest absolute Gasteiger partial charge is 0.415 e. The Morgan fingerprint density at radius 2 is 2.06 bits per heavy atom. The molecule has 2 saturated heterocycles. The van der Waals surface area contributed by atoms with Crippen molar-refractivity contribution in [3.8, 4) is 5.75 Å². The Morgan fingerprint density at radius 3 is 2.84 bits per heavy atom. The van der Waals surface area contributed by atoms with Crippen molar-refractivity contribution in [1.82, 2.24) is 9.97 Å². The summed E-state index contributed by atoms with van der Waals surface area (Å²) in [6.45, 7) is 1.47. The third kappa shape index (κ3) is 3.57. The Balaban J connectivity index is 1.57. The van der Waals surface area contributed by atoms with E-state index in [9.17, 15) is 9.18 Å². The lowest BCUT2D eigenvalue weighted by Gasteiger charge is -2.30. The molecule has 5 rings (SSSR count). The second kappa shape index (κ2) is 8.07. The summed E-state index contributed by atoms with van der Waals surface area (Å²) in [6, 6.07) is 8.13. The summed E-state index contributed by atoms with van der Waals surface area (Å²) in [4.78, 5) is 22.9. The van der Waals surface area contributed by atoms with Gasteiger partial charge >= 0.3 is 6.09 Å². The van der Waals surface area contributed by atoms with Gasteiger partial charge in [-0.25, -0.2) is 19.2 Å². The van der Waals surface area contributed by atoms with Gasteiger partial charge in [-0.3, -0.25) is 4.90 Å². The predicted molar refractivity (Wildman–Crippen MR) is 117 cm³/mol. The monoisotopic (exact) mass is 458 g/mol. The number of methoxy groups -OCH3 is 1. The minimum Gasteiger partial charge on any atom is -0.494 e. The Labute approximate surface area is 188 Å². The summed E-state index contributed by atoms with van der Waals surface area (Å²) in [7, 11) is 1.53. The molecule has 10 heteroatoms. The molecule has 0 aliphatic carbocycles.